The maximum Gasteiger partial charge on any atom is 0.347 e. The first-order chi connectivity index (χ1) is 21.7. The number of esters is 2. The van der Waals surface area contributed by atoms with Gasteiger partial charge in [-0.15, -0.1) is 20.2 Å². The highest BCUT2D eigenvalue weighted by Gasteiger charge is 2.45. The highest BCUT2D eigenvalue weighted by Crippen LogP contribution is 3.04. The van der Waals surface area contributed by atoms with Crippen molar-refractivity contribution < 1.29 is 48.8 Å². The van der Waals surface area contributed by atoms with Crippen molar-refractivity contribution in [2.45, 2.75) is 19.4 Å². The van der Waals surface area contributed by atoms with E-state index >= 15 is 0 Å². The lowest BCUT2D eigenvalue weighted by molar-refractivity contribution is -0.789. The largest absolute Gasteiger partial charge is 0.508 e. The number of phenolic OH excluding ortho intramolecular Hbond substituents is 1. The summed E-state index contributed by atoms with van der Waals surface area (Å²) < 4.78 is 6.58. The molecule has 4 rings (SSSR count). The van der Waals surface area contributed by atoms with Crippen molar-refractivity contribution in [3.8, 4) is 17.2 Å². The Morgan fingerprint density at radius 3 is 2.04 bits per heavy atom. The zero-order chi connectivity index (χ0) is 33.6. The SMILES string of the molecule is CC(=O)Nc1ccc(OC(=O)CC(CO[N+](=O)[O-])O[N+](=O)[O-])c(C(=O)Oc2ccc(P3(=S)SP(=S)(c4ccc(O)cc4)S3)cc2)c1. The van der Waals surface area contributed by atoms with Crippen LogP contribution in [0.5, 0.6) is 17.2 Å². The molecule has 0 aliphatic carbocycles. The molecule has 0 radical (unpaired) electrons. The minimum atomic E-state index is -2.12. The minimum absolute atomic E-state index is 0.127. The summed E-state index contributed by atoms with van der Waals surface area (Å²) in [7, 11) is 0. The molecule has 1 amide bonds. The van der Waals surface area contributed by atoms with E-state index in [-0.39, 0.29) is 28.5 Å². The molecule has 242 valence electrons. The number of carbonyl (C=O) groups is 3. The molecule has 3 aromatic carbocycles. The molecule has 0 spiro atoms. The van der Waals surface area contributed by atoms with Crippen molar-refractivity contribution in [2.75, 3.05) is 11.9 Å². The summed E-state index contributed by atoms with van der Waals surface area (Å²) in [5.74, 6) is -2.62. The first-order valence-electron chi connectivity index (χ1n) is 12.6. The van der Waals surface area contributed by atoms with Gasteiger partial charge in [-0.25, -0.2) is 4.79 Å². The Morgan fingerprint density at radius 1 is 0.913 bits per heavy atom. The van der Waals surface area contributed by atoms with Crippen LogP contribution in [-0.4, -0.2) is 45.8 Å². The van der Waals surface area contributed by atoms with Gasteiger partial charge in [0.2, 0.25) is 5.91 Å². The van der Waals surface area contributed by atoms with Crippen molar-refractivity contribution >= 4 is 88.6 Å². The van der Waals surface area contributed by atoms with Gasteiger partial charge in [-0.2, -0.15) is 0 Å². The molecule has 1 atom stereocenters. The fraction of sp³-hybridized carbons (Fsp3) is 0.160. The fourth-order valence-electron chi connectivity index (χ4n) is 3.77. The number of carbonyl (C=O) groups excluding carboxylic acids is 3. The van der Waals surface area contributed by atoms with Gasteiger partial charge in [0.1, 0.15) is 35.5 Å². The topological polar surface area (TPSA) is 207 Å². The van der Waals surface area contributed by atoms with Crippen LogP contribution in [0.3, 0.4) is 0 Å². The van der Waals surface area contributed by atoms with E-state index in [4.69, 9.17) is 33.1 Å². The lowest BCUT2D eigenvalue weighted by Gasteiger charge is -2.40. The quantitative estimate of drug-likeness (QED) is 0.0799. The smallest absolute Gasteiger partial charge is 0.347 e. The number of anilines is 1. The highest BCUT2D eigenvalue weighted by atomic mass is 33.7. The Labute approximate surface area is 277 Å². The van der Waals surface area contributed by atoms with Crippen LogP contribution in [0.1, 0.15) is 23.7 Å². The number of phenols is 1. The summed E-state index contributed by atoms with van der Waals surface area (Å²) in [6.45, 7) is 0.304. The molecule has 1 heterocycles. The van der Waals surface area contributed by atoms with E-state index in [2.05, 4.69) is 15.0 Å². The van der Waals surface area contributed by atoms with Crippen LogP contribution in [0.2, 0.25) is 0 Å². The number of nitrogens with one attached hydrogen (secondary N) is 1. The minimum Gasteiger partial charge on any atom is -0.508 e. The summed E-state index contributed by atoms with van der Waals surface area (Å²) in [5, 5.41) is 32.6. The van der Waals surface area contributed by atoms with Gasteiger partial charge in [-0.1, -0.05) is 45.6 Å². The summed E-state index contributed by atoms with van der Waals surface area (Å²) in [5.41, 5.74) is -0.117. The predicted molar refractivity (Wildman–Crippen MR) is 178 cm³/mol. The molecule has 21 heteroatoms. The molecule has 2 N–H and O–H groups in total. The van der Waals surface area contributed by atoms with Crippen molar-refractivity contribution in [1.82, 2.24) is 0 Å². The molecule has 1 aliphatic rings. The van der Waals surface area contributed by atoms with Crippen molar-refractivity contribution in [1.29, 1.82) is 0 Å². The van der Waals surface area contributed by atoms with E-state index < -0.39 is 56.0 Å². The van der Waals surface area contributed by atoms with Gasteiger partial charge in [0.05, 0.1) is 15.3 Å². The standard InChI is InChI=1S/C25H21N3O12P2S4/c1-15(29)26-16-2-11-23(39-24(31)13-19(40-28(35)36)14-37-27(33)34)22(12-16)25(32)38-18-5-9-21(10-6-18)42(44)45-41(43,46-42)20-7-3-17(30)4-8-20/h2-12,19,30H,13-14H2,1H3,(H,26,29). The van der Waals surface area contributed by atoms with Gasteiger partial charge in [0.15, 0.2) is 0 Å². The van der Waals surface area contributed by atoms with E-state index in [1.165, 1.54) is 25.1 Å². The normalized spacial score (nSPS) is 19.1. The Bertz CT molecular complexity index is 1780. The van der Waals surface area contributed by atoms with Crippen molar-refractivity contribution in [2.24, 2.45) is 0 Å². The Morgan fingerprint density at radius 2 is 1.50 bits per heavy atom. The van der Waals surface area contributed by atoms with Gasteiger partial charge in [0.25, 0.3) is 10.2 Å². The fourth-order valence-corrected chi connectivity index (χ4v) is 46.0. The second-order valence-electron chi connectivity index (χ2n) is 9.10. The molecule has 46 heavy (non-hydrogen) atoms. The summed E-state index contributed by atoms with van der Waals surface area (Å²) in [6, 6.07) is 17.0. The van der Waals surface area contributed by atoms with Crippen molar-refractivity contribution in [3.63, 3.8) is 0 Å². The van der Waals surface area contributed by atoms with Gasteiger partial charge in [0, 0.05) is 23.2 Å². The lowest BCUT2D eigenvalue weighted by Crippen LogP contribution is -2.29. The number of hydrogen-bond acceptors (Lipinski definition) is 16. The molecule has 0 bridgehead atoms. The van der Waals surface area contributed by atoms with Gasteiger partial charge < -0.3 is 29.6 Å². The van der Waals surface area contributed by atoms with Crippen LogP contribution in [0.15, 0.2) is 66.7 Å². The summed E-state index contributed by atoms with van der Waals surface area (Å²) in [4.78, 5) is 66.9. The monoisotopic (exact) mass is 745 g/mol. The van der Waals surface area contributed by atoms with E-state index in [1.807, 2.05) is 0 Å². The zero-order valence-corrected chi connectivity index (χ0v) is 28.3. The average Bonchev–Trinajstić information content (AvgIpc) is 2.96. The third-order valence-electron chi connectivity index (χ3n) is 5.70. The zero-order valence-electron chi connectivity index (χ0n) is 23.2. The summed E-state index contributed by atoms with van der Waals surface area (Å²) >= 11 is 15.0. The van der Waals surface area contributed by atoms with E-state index in [9.17, 15) is 39.7 Å². The molecule has 1 unspecified atom stereocenters. The molecular formula is C25H21N3O12P2S4. The molecule has 1 aliphatic heterocycles. The molecule has 3 aromatic rings. The molecule has 0 saturated carbocycles. The lowest BCUT2D eigenvalue weighted by atomic mass is 10.1. The van der Waals surface area contributed by atoms with Crippen molar-refractivity contribution in [3.05, 3.63) is 92.5 Å². The van der Waals surface area contributed by atoms with Crippen LogP contribution < -0.4 is 25.4 Å². The van der Waals surface area contributed by atoms with E-state index in [0.29, 0.717) is 0 Å². The van der Waals surface area contributed by atoms with Gasteiger partial charge in [-0.05, 0) is 66.7 Å². The Hall–Kier alpha value is -3.73. The van der Waals surface area contributed by atoms with Crippen LogP contribution in [0, 0.1) is 20.2 Å². The second kappa shape index (κ2) is 14.8. The van der Waals surface area contributed by atoms with E-state index in [0.717, 1.165) is 10.6 Å². The predicted octanol–water partition coefficient (Wildman–Crippen LogP) is 4.70. The number of benzene rings is 3. The number of rotatable bonds is 13. The number of nitrogens with zero attached hydrogens (tertiary/aromatic N) is 2. The molecular weight excluding hydrogens is 724 g/mol. The first-order valence-corrected chi connectivity index (χ1v) is 22.3. The first kappa shape index (κ1) is 35.1. The third kappa shape index (κ3) is 9.18. The number of aromatic hydroxyl groups is 1. The number of amides is 1. The second-order valence-corrected chi connectivity index (χ2v) is 30.4. The van der Waals surface area contributed by atoms with Crippen LogP contribution in [0.25, 0.3) is 0 Å². The van der Waals surface area contributed by atoms with Crippen LogP contribution in [0.4, 0.5) is 5.69 Å². The maximum absolute atomic E-state index is 13.2. The van der Waals surface area contributed by atoms with Gasteiger partial charge in [-0.3, -0.25) is 9.59 Å². The molecule has 1 saturated heterocycles. The average molecular weight is 746 g/mol. The van der Waals surface area contributed by atoms with Crippen LogP contribution >= 0.6 is 30.9 Å². The molecule has 15 nitrogen and oxygen atoms in total. The van der Waals surface area contributed by atoms with Crippen LogP contribution in [-0.2, 0) is 42.9 Å². The molecule has 1 fully saturated rings. The van der Waals surface area contributed by atoms with E-state index in [1.54, 1.807) is 70.5 Å². The third-order valence-corrected chi connectivity index (χ3v) is 36.9. The maximum atomic E-state index is 13.2. The Balaban J connectivity index is 1.48. The van der Waals surface area contributed by atoms with Gasteiger partial charge >= 0.3 is 11.9 Å². The highest BCUT2D eigenvalue weighted by molar-refractivity contribution is 9.48. The number of ether oxygens (including phenoxy) is 2. The molecule has 0 aromatic heterocycles. The summed E-state index contributed by atoms with van der Waals surface area (Å²) in [6.07, 6.45) is -2.53. The Kier molecular flexibility index (Phi) is 11.3. The number of hydrogen-bond donors (Lipinski definition) is 2.